The number of aromatic nitrogens is 6. The molecular formula is C20H21N9OS. The van der Waals surface area contributed by atoms with Gasteiger partial charge < -0.3 is 15.1 Å². The van der Waals surface area contributed by atoms with E-state index in [-0.39, 0.29) is 0 Å². The number of fused-ring (bicyclic) bond motifs is 1. The van der Waals surface area contributed by atoms with Crippen LogP contribution in [0.3, 0.4) is 0 Å². The molecule has 0 radical (unpaired) electrons. The minimum Gasteiger partial charge on any atom is -0.411 e. The maximum absolute atomic E-state index is 5.83. The van der Waals surface area contributed by atoms with E-state index in [2.05, 4.69) is 45.8 Å². The molecule has 2 N–H and O–H groups in total. The van der Waals surface area contributed by atoms with Gasteiger partial charge in [0.25, 0.3) is 5.22 Å². The average molecular weight is 436 g/mol. The Labute approximate surface area is 183 Å². The molecule has 0 aliphatic heterocycles. The van der Waals surface area contributed by atoms with E-state index in [4.69, 9.17) is 4.42 Å². The summed E-state index contributed by atoms with van der Waals surface area (Å²) in [5.74, 6) is 2.35. The van der Waals surface area contributed by atoms with Crippen LogP contribution >= 0.6 is 11.8 Å². The van der Waals surface area contributed by atoms with Crippen molar-refractivity contribution in [1.29, 1.82) is 0 Å². The second-order valence-electron chi connectivity index (χ2n) is 6.30. The Kier molecular flexibility index (Phi) is 6.62. The Bertz CT molecular complexity index is 1190. The van der Waals surface area contributed by atoms with E-state index < -0.39 is 0 Å². The molecular weight excluding hydrogens is 414 g/mol. The van der Waals surface area contributed by atoms with Gasteiger partial charge >= 0.3 is 0 Å². The topological polar surface area (TPSA) is 127 Å². The molecule has 0 aliphatic rings. The normalized spacial score (nSPS) is 11.6. The van der Waals surface area contributed by atoms with Gasteiger partial charge in [0.05, 0.1) is 11.0 Å². The first kappa shape index (κ1) is 20.7. The van der Waals surface area contributed by atoms with Crippen molar-refractivity contribution in [3.05, 3.63) is 48.7 Å². The molecule has 4 aromatic rings. The van der Waals surface area contributed by atoms with Crippen molar-refractivity contribution in [2.45, 2.75) is 24.8 Å². The van der Waals surface area contributed by atoms with Crippen LogP contribution in [0.1, 0.15) is 19.4 Å². The first-order valence-electron chi connectivity index (χ1n) is 9.78. The Morgan fingerprint density at radius 3 is 2.81 bits per heavy atom. The van der Waals surface area contributed by atoms with Crippen molar-refractivity contribution < 1.29 is 4.42 Å². The molecule has 0 aliphatic carbocycles. The molecule has 11 heteroatoms. The molecule has 0 fully saturated rings. The third kappa shape index (κ3) is 5.12. The van der Waals surface area contributed by atoms with Crippen LogP contribution in [-0.4, -0.2) is 49.2 Å². The predicted molar refractivity (Wildman–Crippen MR) is 120 cm³/mol. The summed E-state index contributed by atoms with van der Waals surface area (Å²) in [6, 6.07) is 5.65. The van der Waals surface area contributed by atoms with Crippen molar-refractivity contribution >= 4 is 34.6 Å². The van der Waals surface area contributed by atoms with E-state index in [1.54, 1.807) is 18.6 Å². The lowest BCUT2D eigenvalue weighted by Crippen LogP contribution is -2.31. The highest BCUT2D eigenvalue weighted by Gasteiger charge is 2.13. The van der Waals surface area contributed by atoms with Gasteiger partial charge in [-0.15, -0.1) is 10.2 Å². The number of nitrogens with zero attached hydrogens (tertiary/aromatic N) is 7. The van der Waals surface area contributed by atoms with Crippen LogP contribution in [0.5, 0.6) is 0 Å². The summed E-state index contributed by atoms with van der Waals surface area (Å²) in [5.41, 5.74) is 3.28. The Morgan fingerprint density at radius 1 is 1.10 bits per heavy atom. The molecule has 3 aromatic heterocycles. The number of nitrogens with one attached hydrogen (secondary N) is 2. The third-order valence-electron chi connectivity index (χ3n) is 4.16. The second-order valence-corrected chi connectivity index (χ2v) is 7.22. The molecule has 1 aromatic carbocycles. The number of anilines is 1. The molecule has 0 bridgehead atoms. The molecule has 158 valence electrons. The Balaban J connectivity index is 1.47. The maximum Gasteiger partial charge on any atom is 0.277 e. The van der Waals surface area contributed by atoms with Gasteiger partial charge in [0.1, 0.15) is 12.1 Å². The van der Waals surface area contributed by atoms with Gasteiger partial charge in [0.15, 0.2) is 5.96 Å². The van der Waals surface area contributed by atoms with Gasteiger partial charge in [-0.25, -0.2) is 9.97 Å². The third-order valence-corrected chi connectivity index (χ3v) is 5.03. The van der Waals surface area contributed by atoms with Crippen LogP contribution in [0.4, 0.5) is 5.82 Å². The number of hydrogen-bond acceptors (Lipinski definition) is 9. The lowest BCUT2D eigenvalue weighted by molar-refractivity contribution is 0.466. The van der Waals surface area contributed by atoms with Gasteiger partial charge in [0, 0.05) is 48.6 Å². The molecule has 10 nitrogen and oxygen atoms in total. The second kappa shape index (κ2) is 9.94. The summed E-state index contributed by atoms with van der Waals surface area (Å²) in [4.78, 5) is 21.5. The van der Waals surface area contributed by atoms with Crippen LogP contribution in [0, 0.1) is 0 Å². The predicted octanol–water partition coefficient (Wildman–Crippen LogP) is 3.16. The number of aliphatic imine (C=N–C) groups is 1. The Morgan fingerprint density at radius 2 is 1.97 bits per heavy atom. The largest absolute Gasteiger partial charge is 0.411 e. The van der Waals surface area contributed by atoms with E-state index in [0.717, 1.165) is 28.7 Å². The van der Waals surface area contributed by atoms with E-state index in [1.807, 2.05) is 32.0 Å². The summed E-state index contributed by atoms with van der Waals surface area (Å²) in [6.07, 6.45) is 6.58. The minimum atomic E-state index is 0.433. The van der Waals surface area contributed by atoms with Gasteiger partial charge in [-0.05, 0) is 32.0 Å². The van der Waals surface area contributed by atoms with Gasteiger partial charge in [-0.2, -0.15) is 0 Å². The smallest absolute Gasteiger partial charge is 0.277 e. The standard InChI is InChI=1S/C20H21N9OS/c1-3-22-19(23-4-2)27-17-14(10-21-12-26-17)11-31-20-29-28-18(30-20)13-5-6-15-16(9-13)25-8-7-24-15/h5-10,12H,3-4,11H2,1-2H3,(H2,21,22,23,26,27). The minimum absolute atomic E-state index is 0.433. The van der Waals surface area contributed by atoms with Crippen molar-refractivity contribution in [1.82, 2.24) is 35.5 Å². The monoisotopic (exact) mass is 435 g/mol. The molecule has 31 heavy (non-hydrogen) atoms. The van der Waals surface area contributed by atoms with Crippen molar-refractivity contribution in [3.8, 4) is 11.5 Å². The number of thioether (sulfide) groups is 1. The van der Waals surface area contributed by atoms with Crippen molar-refractivity contribution in [3.63, 3.8) is 0 Å². The fourth-order valence-electron chi connectivity index (χ4n) is 2.77. The summed E-state index contributed by atoms with van der Waals surface area (Å²) >= 11 is 1.41. The molecule has 0 unspecified atom stereocenters. The number of benzene rings is 1. The summed E-state index contributed by atoms with van der Waals surface area (Å²) in [7, 11) is 0. The first-order chi connectivity index (χ1) is 15.3. The Hall–Kier alpha value is -3.60. The molecule has 0 spiro atoms. The molecule has 0 saturated carbocycles. The zero-order valence-corrected chi connectivity index (χ0v) is 17.9. The number of rotatable bonds is 7. The van der Waals surface area contributed by atoms with Gasteiger partial charge in [0.2, 0.25) is 5.89 Å². The van der Waals surface area contributed by atoms with Crippen LogP contribution in [-0.2, 0) is 5.75 Å². The van der Waals surface area contributed by atoms with Crippen molar-refractivity contribution in [2.75, 3.05) is 18.4 Å². The van der Waals surface area contributed by atoms with Gasteiger partial charge in [-0.3, -0.25) is 15.0 Å². The highest BCUT2D eigenvalue weighted by Crippen LogP contribution is 2.28. The lowest BCUT2D eigenvalue weighted by Gasteiger charge is -2.12. The molecule has 3 heterocycles. The SMILES string of the molecule is CCN=C(NCC)Nc1ncncc1CSc1nnc(-c2ccc3nccnc3c2)o1. The zero-order chi connectivity index (χ0) is 21.5. The fraction of sp³-hybridized carbons (Fsp3) is 0.250. The van der Waals surface area contributed by atoms with Crippen LogP contribution < -0.4 is 10.6 Å². The van der Waals surface area contributed by atoms with Crippen LogP contribution in [0.2, 0.25) is 0 Å². The van der Waals surface area contributed by atoms with E-state index in [0.29, 0.717) is 35.2 Å². The molecule has 4 rings (SSSR count). The van der Waals surface area contributed by atoms with Gasteiger partial charge in [-0.1, -0.05) is 11.8 Å². The van der Waals surface area contributed by atoms with E-state index >= 15 is 0 Å². The average Bonchev–Trinajstić information content (AvgIpc) is 3.28. The zero-order valence-electron chi connectivity index (χ0n) is 17.1. The quantitative estimate of drug-likeness (QED) is 0.254. The lowest BCUT2D eigenvalue weighted by atomic mass is 10.2. The van der Waals surface area contributed by atoms with Crippen LogP contribution in [0.25, 0.3) is 22.5 Å². The van der Waals surface area contributed by atoms with E-state index in [1.165, 1.54) is 18.1 Å². The highest BCUT2D eigenvalue weighted by molar-refractivity contribution is 7.98. The van der Waals surface area contributed by atoms with Crippen LogP contribution in [0.15, 0.2) is 57.7 Å². The molecule has 0 amide bonds. The number of guanidine groups is 1. The summed E-state index contributed by atoms with van der Waals surface area (Å²) in [5, 5.41) is 15.2. The maximum atomic E-state index is 5.83. The van der Waals surface area contributed by atoms with Crippen molar-refractivity contribution in [2.24, 2.45) is 4.99 Å². The number of hydrogen-bond donors (Lipinski definition) is 2. The van der Waals surface area contributed by atoms with E-state index in [9.17, 15) is 0 Å². The molecule has 0 saturated heterocycles. The highest BCUT2D eigenvalue weighted by atomic mass is 32.2. The molecule has 0 atom stereocenters. The summed E-state index contributed by atoms with van der Waals surface area (Å²) in [6.45, 7) is 5.41. The summed E-state index contributed by atoms with van der Waals surface area (Å²) < 4.78 is 5.83. The fourth-order valence-corrected chi connectivity index (χ4v) is 3.50. The first-order valence-corrected chi connectivity index (χ1v) is 10.8.